The predicted molar refractivity (Wildman–Crippen MR) is 135 cm³/mol. The normalized spacial score (nSPS) is 17.7. The molecular weight excluding hydrogens is 438 g/mol. The SMILES string of the molecule is NC1CCc2ccccc2N1CC=C(Cc1nc2ccccc2[nH]1)N1C(=O)c2ccccc2C1=O. The van der Waals surface area contributed by atoms with Crippen molar-refractivity contribution < 1.29 is 9.59 Å². The second-order valence-electron chi connectivity index (χ2n) is 8.95. The van der Waals surface area contributed by atoms with Crippen molar-refractivity contribution >= 4 is 28.5 Å². The maximum absolute atomic E-state index is 13.3. The second-order valence-corrected chi connectivity index (χ2v) is 8.95. The number of anilines is 1. The van der Waals surface area contributed by atoms with Gasteiger partial charge in [-0.15, -0.1) is 0 Å². The first-order valence-electron chi connectivity index (χ1n) is 11.8. The molecule has 1 aromatic heterocycles. The lowest BCUT2D eigenvalue weighted by Gasteiger charge is -2.36. The van der Waals surface area contributed by atoms with Crippen molar-refractivity contribution in [3.8, 4) is 0 Å². The minimum Gasteiger partial charge on any atom is -0.352 e. The molecule has 0 radical (unpaired) electrons. The fourth-order valence-corrected chi connectivity index (χ4v) is 5.03. The number of carbonyl (C=O) groups excluding carboxylic acids is 2. The number of hydrogen-bond acceptors (Lipinski definition) is 5. The number of aromatic amines is 1. The molecule has 1 atom stereocenters. The Hall–Kier alpha value is -4.23. The van der Waals surface area contributed by atoms with Crippen LogP contribution in [0.1, 0.15) is 38.5 Å². The number of allylic oxidation sites excluding steroid dienone is 1. The van der Waals surface area contributed by atoms with Gasteiger partial charge in [0.2, 0.25) is 0 Å². The Morgan fingerprint density at radius 3 is 2.43 bits per heavy atom. The Labute approximate surface area is 202 Å². The van der Waals surface area contributed by atoms with Crippen LogP contribution < -0.4 is 10.6 Å². The lowest BCUT2D eigenvalue weighted by molar-refractivity contribution is 0.0700. The number of fused-ring (bicyclic) bond motifs is 3. The maximum atomic E-state index is 13.3. The van der Waals surface area contributed by atoms with Gasteiger partial charge in [0.25, 0.3) is 11.8 Å². The summed E-state index contributed by atoms with van der Waals surface area (Å²) in [5.74, 6) is 0.0740. The Balaban J connectivity index is 1.38. The molecule has 0 saturated heterocycles. The van der Waals surface area contributed by atoms with Crippen LogP contribution in [0.2, 0.25) is 0 Å². The molecule has 6 rings (SSSR count). The minimum atomic E-state index is -0.309. The number of rotatable bonds is 5. The molecule has 174 valence electrons. The van der Waals surface area contributed by atoms with E-state index in [9.17, 15) is 9.59 Å². The Kier molecular flexibility index (Phi) is 5.19. The summed E-state index contributed by atoms with van der Waals surface area (Å²) in [5.41, 5.74) is 12.0. The average Bonchev–Trinajstić information content (AvgIpc) is 3.40. The van der Waals surface area contributed by atoms with Crippen molar-refractivity contribution in [2.75, 3.05) is 11.4 Å². The smallest absolute Gasteiger partial charge is 0.265 e. The van der Waals surface area contributed by atoms with Gasteiger partial charge in [-0.2, -0.15) is 0 Å². The molecule has 7 heteroatoms. The third kappa shape index (κ3) is 3.70. The van der Waals surface area contributed by atoms with Crippen molar-refractivity contribution in [1.29, 1.82) is 0 Å². The quantitative estimate of drug-likeness (QED) is 0.436. The summed E-state index contributed by atoms with van der Waals surface area (Å²) in [6, 6.07) is 23.0. The van der Waals surface area contributed by atoms with Gasteiger partial charge in [-0.25, -0.2) is 9.88 Å². The number of imide groups is 1. The number of hydrogen-bond donors (Lipinski definition) is 2. The lowest BCUT2D eigenvalue weighted by atomic mass is 9.99. The van der Waals surface area contributed by atoms with Crippen LogP contribution in [0.5, 0.6) is 0 Å². The molecular formula is C28H25N5O2. The van der Waals surface area contributed by atoms with Crippen molar-refractivity contribution in [2.45, 2.75) is 25.4 Å². The summed E-state index contributed by atoms with van der Waals surface area (Å²) >= 11 is 0. The van der Waals surface area contributed by atoms with E-state index in [1.54, 1.807) is 24.3 Å². The first kappa shape index (κ1) is 21.3. The summed E-state index contributed by atoms with van der Waals surface area (Å²) in [5, 5.41) is 0. The van der Waals surface area contributed by atoms with Crippen LogP contribution in [-0.4, -0.2) is 39.4 Å². The van der Waals surface area contributed by atoms with Gasteiger partial charge in [-0.3, -0.25) is 9.59 Å². The van der Waals surface area contributed by atoms with E-state index in [4.69, 9.17) is 5.73 Å². The van der Waals surface area contributed by atoms with E-state index >= 15 is 0 Å². The highest BCUT2D eigenvalue weighted by Gasteiger charge is 2.37. The van der Waals surface area contributed by atoms with Crippen LogP contribution in [-0.2, 0) is 12.8 Å². The topological polar surface area (TPSA) is 95.3 Å². The zero-order chi connectivity index (χ0) is 23.9. The number of nitrogens with two attached hydrogens (primary N) is 1. The number of amides is 2. The maximum Gasteiger partial charge on any atom is 0.265 e. The molecule has 7 nitrogen and oxygen atoms in total. The van der Waals surface area contributed by atoms with E-state index in [0.29, 0.717) is 35.6 Å². The molecule has 1 unspecified atom stereocenters. The molecule has 0 bridgehead atoms. The molecule has 0 aliphatic carbocycles. The number of para-hydroxylation sites is 3. The number of nitrogens with zero attached hydrogens (tertiary/aromatic N) is 3. The minimum absolute atomic E-state index is 0.143. The number of carbonyl (C=O) groups is 2. The van der Waals surface area contributed by atoms with Crippen LogP contribution >= 0.6 is 0 Å². The molecule has 0 spiro atoms. The molecule has 0 fully saturated rings. The van der Waals surface area contributed by atoms with Gasteiger partial charge in [-0.05, 0) is 54.8 Å². The molecule has 2 aliphatic rings. The molecule has 4 aromatic rings. The Bertz CT molecular complexity index is 1420. The third-order valence-electron chi connectivity index (χ3n) is 6.80. The molecule has 3 heterocycles. The van der Waals surface area contributed by atoms with Crippen molar-refractivity contribution in [1.82, 2.24) is 14.9 Å². The number of benzene rings is 3. The first-order chi connectivity index (χ1) is 17.1. The summed E-state index contributed by atoms with van der Waals surface area (Å²) in [6.45, 7) is 0.473. The van der Waals surface area contributed by atoms with Crippen LogP contribution in [0.4, 0.5) is 5.69 Å². The fraction of sp³-hybridized carbons (Fsp3) is 0.179. The van der Waals surface area contributed by atoms with Gasteiger partial charge in [0.15, 0.2) is 0 Å². The first-order valence-corrected chi connectivity index (χ1v) is 11.8. The second kappa shape index (κ2) is 8.52. The van der Waals surface area contributed by atoms with Crippen molar-refractivity contribution in [3.05, 3.63) is 107 Å². The number of H-pyrrole nitrogens is 1. The Morgan fingerprint density at radius 2 is 1.66 bits per heavy atom. The van der Waals surface area contributed by atoms with Gasteiger partial charge < -0.3 is 15.6 Å². The number of aromatic nitrogens is 2. The largest absolute Gasteiger partial charge is 0.352 e. The highest BCUT2D eigenvalue weighted by atomic mass is 16.2. The lowest BCUT2D eigenvalue weighted by Crippen LogP contribution is -2.45. The highest BCUT2D eigenvalue weighted by molar-refractivity contribution is 6.22. The molecule has 2 amide bonds. The van der Waals surface area contributed by atoms with Gasteiger partial charge in [0, 0.05) is 24.4 Å². The highest BCUT2D eigenvalue weighted by Crippen LogP contribution is 2.31. The Morgan fingerprint density at radius 1 is 0.971 bits per heavy atom. The predicted octanol–water partition coefficient (Wildman–Crippen LogP) is 4.02. The fourth-order valence-electron chi connectivity index (χ4n) is 5.03. The van der Waals surface area contributed by atoms with E-state index in [0.717, 1.165) is 29.6 Å². The van der Waals surface area contributed by atoms with Gasteiger partial charge in [-0.1, -0.05) is 42.5 Å². The summed E-state index contributed by atoms with van der Waals surface area (Å²) in [4.78, 5) is 38.1. The molecule has 0 saturated carbocycles. The van der Waals surface area contributed by atoms with Gasteiger partial charge >= 0.3 is 0 Å². The van der Waals surface area contributed by atoms with Crippen LogP contribution in [0.25, 0.3) is 11.0 Å². The van der Waals surface area contributed by atoms with E-state index in [1.807, 2.05) is 42.5 Å². The average molecular weight is 464 g/mol. The van der Waals surface area contributed by atoms with Gasteiger partial charge in [0.05, 0.1) is 28.3 Å². The van der Waals surface area contributed by atoms with E-state index in [1.165, 1.54) is 10.5 Å². The summed E-state index contributed by atoms with van der Waals surface area (Å²) in [6.07, 6.45) is 3.89. The van der Waals surface area contributed by atoms with Crippen LogP contribution in [0.3, 0.4) is 0 Å². The molecule has 35 heavy (non-hydrogen) atoms. The zero-order valence-electron chi connectivity index (χ0n) is 19.1. The molecule has 3 aromatic carbocycles. The number of aryl methyl sites for hydroxylation is 1. The van der Waals surface area contributed by atoms with Crippen molar-refractivity contribution in [2.24, 2.45) is 5.73 Å². The summed E-state index contributed by atoms with van der Waals surface area (Å²) in [7, 11) is 0. The van der Waals surface area contributed by atoms with Crippen LogP contribution in [0.15, 0.2) is 84.6 Å². The number of nitrogens with one attached hydrogen (secondary N) is 1. The monoisotopic (exact) mass is 463 g/mol. The van der Waals surface area contributed by atoms with Crippen molar-refractivity contribution in [3.63, 3.8) is 0 Å². The number of imidazole rings is 1. The molecule has 3 N–H and O–H groups in total. The zero-order valence-corrected chi connectivity index (χ0v) is 19.1. The molecule has 2 aliphatic heterocycles. The van der Waals surface area contributed by atoms with E-state index < -0.39 is 0 Å². The standard InChI is InChI=1S/C28H25N5O2/c29-25-14-13-18-7-1-6-12-24(18)32(25)16-15-19(17-26-30-22-10-4-5-11-23(22)31-26)33-27(34)20-8-2-3-9-21(20)28(33)35/h1-12,15,25H,13-14,16-17,29H2,(H,30,31). The summed E-state index contributed by atoms with van der Waals surface area (Å²) < 4.78 is 0. The third-order valence-corrected chi connectivity index (χ3v) is 6.80. The van der Waals surface area contributed by atoms with E-state index in [-0.39, 0.29) is 18.0 Å². The van der Waals surface area contributed by atoms with E-state index in [2.05, 4.69) is 27.0 Å². The van der Waals surface area contributed by atoms with Crippen LogP contribution in [0, 0.1) is 0 Å². The van der Waals surface area contributed by atoms with Gasteiger partial charge in [0.1, 0.15) is 5.82 Å².